The van der Waals surface area contributed by atoms with Gasteiger partial charge in [0.05, 0.1) is 12.1 Å². The van der Waals surface area contributed by atoms with Gasteiger partial charge in [-0.05, 0) is 29.8 Å². The normalized spacial score (nSPS) is 22.8. The van der Waals surface area contributed by atoms with Crippen LogP contribution >= 0.6 is 0 Å². The third-order valence-corrected chi connectivity index (χ3v) is 4.70. The maximum Gasteiger partial charge on any atom is 0.254 e. The van der Waals surface area contributed by atoms with E-state index in [1.165, 1.54) is 0 Å². The largest absolute Gasteiger partial charge is 0.364 e. The van der Waals surface area contributed by atoms with Gasteiger partial charge in [0.2, 0.25) is 5.91 Å². The van der Waals surface area contributed by atoms with Crippen LogP contribution in [-0.4, -0.2) is 63.4 Å². The van der Waals surface area contributed by atoms with Crippen LogP contribution in [0.5, 0.6) is 0 Å². The summed E-state index contributed by atoms with van der Waals surface area (Å²) in [5.41, 5.74) is 1.61. The van der Waals surface area contributed by atoms with E-state index in [2.05, 4.69) is 9.97 Å². The van der Waals surface area contributed by atoms with Crippen molar-refractivity contribution in [2.45, 2.75) is 18.7 Å². The first kappa shape index (κ1) is 15.7. The van der Waals surface area contributed by atoms with Crippen molar-refractivity contribution in [2.24, 2.45) is 0 Å². The fourth-order valence-corrected chi connectivity index (χ4v) is 3.40. The van der Waals surface area contributed by atoms with E-state index >= 15 is 0 Å². The van der Waals surface area contributed by atoms with Crippen molar-refractivity contribution < 1.29 is 14.3 Å². The Bertz CT molecular complexity index is 768. The van der Waals surface area contributed by atoms with Crippen LogP contribution in [0.1, 0.15) is 15.9 Å². The van der Waals surface area contributed by atoms with Crippen LogP contribution in [0.15, 0.2) is 49.1 Å². The summed E-state index contributed by atoms with van der Waals surface area (Å²) >= 11 is 0. The Morgan fingerprint density at radius 1 is 1.08 bits per heavy atom. The Kier molecular flexibility index (Phi) is 4.15. The average molecular weight is 338 g/mol. The van der Waals surface area contributed by atoms with Gasteiger partial charge in [0.15, 0.2) is 0 Å². The molecular weight excluding hydrogens is 320 g/mol. The molecule has 0 spiro atoms. The van der Waals surface area contributed by atoms with Crippen molar-refractivity contribution >= 4 is 11.8 Å². The molecule has 2 amide bonds. The molecule has 2 aromatic heterocycles. The van der Waals surface area contributed by atoms with Crippen molar-refractivity contribution in [1.29, 1.82) is 0 Å². The molecule has 7 nitrogen and oxygen atoms in total. The highest BCUT2D eigenvalue weighted by Gasteiger charge is 2.44. The molecule has 25 heavy (non-hydrogen) atoms. The second-order valence-electron chi connectivity index (χ2n) is 6.24. The maximum atomic E-state index is 12.7. The van der Waals surface area contributed by atoms with Crippen LogP contribution < -0.4 is 0 Å². The van der Waals surface area contributed by atoms with Crippen LogP contribution in [0.25, 0.3) is 0 Å². The van der Waals surface area contributed by atoms with Gasteiger partial charge in [-0.15, -0.1) is 0 Å². The lowest BCUT2D eigenvalue weighted by atomic mass is 10.1. The molecule has 0 radical (unpaired) electrons. The molecule has 0 aliphatic carbocycles. The van der Waals surface area contributed by atoms with Gasteiger partial charge in [-0.3, -0.25) is 19.6 Å². The molecule has 2 atom stereocenters. The first-order chi connectivity index (χ1) is 12.2. The third-order valence-electron chi connectivity index (χ3n) is 4.70. The highest BCUT2D eigenvalue weighted by atomic mass is 16.5. The van der Waals surface area contributed by atoms with E-state index in [4.69, 9.17) is 4.74 Å². The minimum Gasteiger partial charge on any atom is -0.364 e. The summed E-state index contributed by atoms with van der Waals surface area (Å²) in [5, 5.41) is 0. The molecule has 0 N–H and O–H groups in total. The predicted octanol–water partition coefficient (Wildman–Crippen LogP) is 0.729. The van der Waals surface area contributed by atoms with Crippen LogP contribution in [0.3, 0.4) is 0 Å². The molecule has 0 saturated carbocycles. The van der Waals surface area contributed by atoms with E-state index in [1.807, 2.05) is 17.0 Å². The fraction of sp³-hybridized carbons (Fsp3) is 0.333. The van der Waals surface area contributed by atoms with E-state index in [0.29, 0.717) is 25.2 Å². The SMILES string of the molecule is O=C(c1ccncc1)N1C[C@@H]2OCC(=O)N(Cc3ccncc3)[C@@H]2C1. The van der Waals surface area contributed by atoms with E-state index < -0.39 is 0 Å². The number of hydrogen-bond acceptors (Lipinski definition) is 5. The fourth-order valence-electron chi connectivity index (χ4n) is 3.40. The molecule has 0 unspecified atom stereocenters. The zero-order valence-corrected chi connectivity index (χ0v) is 13.6. The summed E-state index contributed by atoms with van der Waals surface area (Å²) in [5.74, 6) is -0.104. The number of likely N-dealkylation sites (tertiary alicyclic amines) is 1. The zero-order chi connectivity index (χ0) is 17.2. The Labute approximate surface area is 145 Å². The van der Waals surface area contributed by atoms with E-state index in [-0.39, 0.29) is 30.6 Å². The number of fused-ring (bicyclic) bond motifs is 1. The third kappa shape index (κ3) is 3.10. The van der Waals surface area contributed by atoms with Gasteiger partial charge in [0, 0.05) is 50.0 Å². The van der Waals surface area contributed by atoms with Crippen molar-refractivity contribution in [3.8, 4) is 0 Å². The van der Waals surface area contributed by atoms with Gasteiger partial charge in [-0.1, -0.05) is 0 Å². The Hall–Kier alpha value is -2.80. The highest BCUT2D eigenvalue weighted by molar-refractivity contribution is 5.94. The minimum absolute atomic E-state index is 0.0451. The highest BCUT2D eigenvalue weighted by Crippen LogP contribution is 2.26. The van der Waals surface area contributed by atoms with Gasteiger partial charge >= 0.3 is 0 Å². The smallest absolute Gasteiger partial charge is 0.254 e. The maximum absolute atomic E-state index is 12.7. The molecule has 2 fully saturated rings. The van der Waals surface area contributed by atoms with Crippen LogP contribution in [-0.2, 0) is 16.1 Å². The molecule has 0 bridgehead atoms. The second-order valence-corrected chi connectivity index (χ2v) is 6.24. The number of morpholine rings is 1. The summed E-state index contributed by atoms with van der Waals surface area (Å²) in [6.07, 6.45) is 6.49. The van der Waals surface area contributed by atoms with Crippen molar-refractivity contribution in [1.82, 2.24) is 19.8 Å². The van der Waals surface area contributed by atoms with Gasteiger partial charge < -0.3 is 14.5 Å². The van der Waals surface area contributed by atoms with Crippen LogP contribution in [0.2, 0.25) is 0 Å². The number of carbonyl (C=O) groups is 2. The number of amides is 2. The quantitative estimate of drug-likeness (QED) is 0.825. The molecule has 2 aliphatic heterocycles. The zero-order valence-electron chi connectivity index (χ0n) is 13.6. The number of hydrogen-bond donors (Lipinski definition) is 0. The van der Waals surface area contributed by atoms with Crippen molar-refractivity contribution in [3.63, 3.8) is 0 Å². The number of aromatic nitrogens is 2. The molecule has 0 aromatic carbocycles. The van der Waals surface area contributed by atoms with Gasteiger partial charge in [-0.2, -0.15) is 0 Å². The van der Waals surface area contributed by atoms with Gasteiger partial charge in [0.25, 0.3) is 5.91 Å². The molecule has 128 valence electrons. The molecule has 4 heterocycles. The number of carbonyl (C=O) groups excluding carboxylic acids is 2. The average Bonchev–Trinajstić information content (AvgIpc) is 3.10. The lowest BCUT2D eigenvalue weighted by Gasteiger charge is -2.36. The second kappa shape index (κ2) is 6.60. The summed E-state index contributed by atoms with van der Waals surface area (Å²) in [4.78, 5) is 36.6. The van der Waals surface area contributed by atoms with E-state index in [9.17, 15) is 9.59 Å². The number of pyridine rings is 2. The summed E-state index contributed by atoms with van der Waals surface area (Å²) < 4.78 is 5.69. The number of rotatable bonds is 3. The summed E-state index contributed by atoms with van der Waals surface area (Å²) in [7, 11) is 0. The molecule has 2 saturated heterocycles. The molecule has 4 rings (SSSR count). The lowest BCUT2D eigenvalue weighted by molar-refractivity contribution is -0.153. The minimum atomic E-state index is -0.148. The number of nitrogens with zero attached hydrogens (tertiary/aromatic N) is 4. The lowest BCUT2D eigenvalue weighted by Crippen LogP contribution is -2.53. The van der Waals surface area contributed by atoms with E-state index in [1.54, 1.807) is 41.8 Å². The van der Waals surface area contributed by atoms with Crippen molar-refractivity contribution in [3.05, 3.63) is 60.2 Å². The van der Waals surface area contributed by atoms with Gasteiger partial charge in [0.1, 0.15) is 6.61 Å². The predicted molar refractivity (Wildman–Crippen MR) is 88.5 cm³/mol. The molecule has 7 heteroatoms. The first-order valence-electron chi connectivity index (χ1n) is 8.21. The molecule has 2 aliphatic rings. The Morgan fingerprint density at radius 3 is 2.48 bits per heavy atom. The standard InChI is InChI=1S/C18H18N4O3/c23-17-12-25-16-11-21(18(24)14-3-7-20-8-4-14)10-15(16)22(17)9-13-1-5-19-6-2-13/h1-8,15-16H,9-12H2/t15-,16+/m1/s1. The van der Waals surface area contributed by atoms with E-state index in [0.717, 1.165) is 5.56 Å². The molecule has 2 aromatic rings. The van der Waals surface area contributed by atoms with Crippen LogP contribution in [0, 0.1) is 0 Å². The number of ether oxygens (including phenoxy) is 1. The monoisotopic (exact) mass is 338 g/mol. The molecular formula is C18H18N4O3. The van der Waals surface area contributed by atoms with Crippen LogP contribution in [0.4, 0.5) is 0 Å². The Morgan fingerprint density at radius 2 is 1.76 bits per heavy atom. The first-order valence-corrected chi connectivity index (χ1v) is 8.21. The summed E-state index contributed by atoms with van der Waals surface area (Å²) in [6, 6.07) is 7.06. The topological polar surface area (TPSA) is 75.6 Å². The van der Waals surface area contributed by atoms with Gasteiger partial charge in [-0.25, -0.2) is 0 Å². The summed E-state index contributed by atoms with van der Waals surface area (Å²) in [6.45, 7) is 1.53. The van der Waals surface area contributed by atoms with Crippen molar-refractivity contribution in [2.75, 3.05) is 19.7 Å². The Balaban J connectivity index is 1.52.